The normalized spacial score (nSPS) is 9.44. The zero-order valence-corrected chi connectivity index (χ0v) is 22.0. The van der Waals surface area contributed by atoms with Crippen LogP contribution < -0.4 is 0 Å². The first kappa shape index (κ1) is 26.4. The first-order valence-electron chi connectivity index (χ1n) is 11.4. The van der Waals surface area contributed by atoms with Gasteiger partial charge in [0.1, 0.15) is 0 Å². The Morgan fingerprint density at radius 2 is 0.861 bits per heavy atom. The molecule has 0 aliphatic carbocycles. The molecule has 176 valence electrons. The number of nitrogens with zero attached hydrogens (tertiary/aromatic N) is 4. The second-order valence-electron chi connectivity index (χ2n) is 7.45. The maximum atomic E-state index is 4.25. The standard InChI is InChI=1S/2C11H9N.C9H8N2.Ir/c2*1-2-6-10(7-3-1)11-8-4-5-9-12-11;1-2-5-9(6-3-1)11-8-4-7-10-11;/h2*1-9H;1-8H;/q;;;+3. The fourth-order valence-corrected chi connectivity index (χ4v) is 3.29. The predicted octanol–water partition coefficient (Wildman–Crippen LogP) is 7.37. The molecule has 0 aliphatic rings. The summed E-state index contributed by atoms with van der Waals surface area (Å²) < 4.78 is 1.83. The molecule has 5 heteroatoms. The van der Waals surface area contributed by atoms with Crippen molar-refractivity contribution in [1.82, 2.24) is 19.7 Å². The van der Waals surface area contributed by atoms with E-state index in [0.717, 1.165) is 28.2 Å². The van der Waals surface area contributed by atoms with Gasteiger partial charge in [-0.05, 0) is 42.5 Å². The minimum absolute atomic E-state index is 0. The SMILES string of the molecule is [Ir+3].c1ccc(-c2ccccn2)cc1.c1ccc(-c2ccccn2)cc1.c1ccc(-n2cccn2)cc1. The van der Waals surface area contributed by atoms with Crippen molar-refractivity contribution in [2.75, 3.05) is 0 Å². The molecule has 0 amide bonds. The number of hydrogen-bond acceptors (Lipinski definition) is 3. The predicted molar refractivity (Wildman–Crippen MR) is 143 cm³/mol. The zero-order valence-electron chi connectivity index (χ0n) is 19.6. The molecule has 36 heavy (non-hydrogen) atoms. The molecule has 6 aromatic rings. The van der Waals surface area contributed by atoms with E-state index in [4.69, 9.17) is 0 Å². The molecule has 0 bridgehead atoms. The smallest absolute Gasteiger partial charge is 0.256 e. The van der Waals surface area contributed by atoms with Gasteiger partial charge in [0.15, 0.2) is 0 Å². The first-order valence-corrected chi connectivity index (χ1v) is 11.4. The van der Waals surface area contributed by atoms with Crippen LogP contribution in [0.15, 0.2) is 158 Å². The van der Waals surface area contributed by atoms with Gasteiger partial charge in [-0.2, -0.15) is 5.10 Å². The van der Waals surface area contributed by atoms with Crippen molar-refractivity contribution < 1.29 is 20.1 Å². The molecule has 3 aromatic carbocycles. The summed E-state index contributed by atoms with van der Waals surface area (Å²) >= 11 is 0. The van der Waals surface area contributed by atoms with E-state index in [1.807, 2.05) is 132 Å². The zero-order chi connectivity index (χ0) is 24.0. The summed E-state index contributed by atoms with van der Waals surface area (Å²) in [6.45, 7) is 0. The molecule has 0 unspecified atom stereocenters. The van der Waals surface area contributed by atoms with Crippen LogP contribution in [0.25, 0.3) is 28.2 Å². The fraction of sp³-hybridized carbons (Fsp3) is 0. The van der Waals surface area contributed by atoms with Crippen LogP contribution in [-0.2, 0) is 20.1 Å². The topological polar surface area (TPSA) is 43.6 Å². The summed E-state index contributed by atoms with van der Waals surface area (Å²) in [5.41, 5.74) is 5.48. The van der Waals surface area contributed by atoms with E-state index in [1.54, 1.807) is 6.20 Å². The van der Waals surface area contributed by atoms with Gasteiger partial charge in [0.05, 0.1) is 17.1 Å². The summed E-state index contributed by atoms with van der Waals surface area (Å²) in [6.07, 6.45) is 7.31. The van der Waals surface area contributed by atoms with Crippen LogP contribution in [0.1, 0.15) is 0 Å². The quantitative estimate of drug-likeness (QED) is 0.202. The monoisotopic (exact) mass is 647 g/mol. The first-order chi connectivity index (χ1) is 17.4. The van der Waals surface area contributed by atoms with Crippen LogP contribution in [0, 0.1) is 0 Å². The van der Waals surface area contributed by atoms with E-state index >= 15 is 0 Å². The minimum Gasteiger partial charge on any atom is -0.256 e. The van der Waals surface area contributed by atoms with Crippen LogP contribution in [-0.4, -0.2) is 19.7 Å². The van der Waals surface area contributed by atoms with E-state index in [9.17, 15) is 0 Å². The number of para-hydroxylation sites is 1. The molecule has 0 atom stereocenters. The van der Waals surface area contributed by atoms with Crippen molar-refractivity contribution in [1.29, 1.82) is 0 Å². The Hall–Kier alpha value is -4.18. The maximum Gasteiger partial charge on any atom is 3.00 e. The summed E-state index contributed by atoms with van der Waals surface area (Å²) in [4.78, 5) is 8.50. The van der Waals surface area contributed by atoms with Gasteiger partial charge in [-0.1, -0.05) is 91.0 Å². The molecule has 0 saturated carbocycles. The number of benzene rings is 3. The summed E-state index contributed by atoms with van der Waals surface area (Å²) in [7, 11) is 0. The van der Waals surface area contributed by atoms with Crippen molar-refractivity contribution in [2.45, 2.75) is 0 Å². The van der Waals surface area contributed by atoms with E-state index in [0.29, 0.717) is 0 Å². The average Bonchev–Trinajstić information content (AvgIpc) is 3.52. The molecule has 3 aromatic heterocycles. The number of rotatable bonds is 3. The largest absolute Gasteiger partial charge is 3.00 e. The van der Waals surface area contributed by atoms with E-state index in [1.165, 1.54) is 0 Å². The number of aromatic nitrogens is 4. The maximum absolute atomic E-state index is 4.25. The van der Waals surface area contributed by atoms with Crippen LogP contribution in [0.2, 0.25) is 0 Å². The molecule has 6 rings (SSSR count). The third-order valence-electron chi connectivity index (χ3n) is 4.99. The van der Waals surface area contributed by atoms with Crippen LogP contribution in [0.4, 0.5) is 0 Å². The molecule has 0 spiro atoms. The molecule has 0 fully saturated rings. The molecule has 0 radical (unpaired) electrons. The fourth-order valence-electron chi connectivity index (χ4n) is 3.29. The van der Waals surface area contributed by atoms with Crippen LogP contribution in [0.3, 0.4) is 0 Å². The Morgan fingerprint density at radius 3 is 1.25 bits per heavy atom. The summed E-state index contributed by atoms with van der Waals surface area (Å²) in [6, 6.07) is 44.1. The van der Waals surface area contributed by atoms with Crippen LogP contribution >= 0.6 is 0 Å². The van der Waals surface area contributed by atoms with Gasteiger partial charge < -0.3 is 0 Å². The Balaban J connectivity index is 0.000000149. The third-order valence-corrected chi connectivity index (χ3v) is 4.99. The van der Waals surface area contributed by atoms with Crippen molar-refractivity contribution in [3.05, 3.63) is 158 Å². The van der Waals surface area contributed by atoms with Gasteiger partial charge >= 0.3 is 20.1 Å². The van der Waals surface area contributed by atoms with Crippen molar-refractivity contribution in [3.63, 3.8) is 0 Å². The Morgan fingerprint density at radius 1 is 0.417 bits per heavy atom. The second kappa shape index (κ2) is 14.9. The van der Waals surface area contributed by atoms with Gasteiger partial charge in [-0.15, -0.1) is 0 Å². The Kier molecular flexibility index (Phi) is 11.0. The molecule has 0 N–H and O–H groups in total. The number of pyridine rings is 2. The molecule has 0 saturated heterocycles. The van der Waals surface area contributed by atoms with Gasteiger partial charge in [-0.3, -0.25) is 9.97 Å². The molecule has 4 nitrogen and oxygen atoms in total. The van der Waals surface area contributed by atoms with Crippen molar-refractivity contribution in [3.8, 4) is 28.2 Å². The van der Waals surface area contributed by atoms with E-state index in [2.05, 4.69) is 39.3 Å². The molecular formula is C31H26IrN4+3. The number of hydrogen-bond donors (Lipinski definition) is 0. The van der Waals surface area contributed by atoms with Crippen molar-refractivity contribution in [2.24, 2.45) is 0 Å². The van der Waals surface area contributed by atoms with Gasteiger partial charge in [-0.25, -0.2) is 4.68 Å². The average molecular weight is 647 g/mol. The summed E-state index contributed by atoms with van der Waals surface area (Å²) in [5.74, 6) is 0. The van der Waals surface area contributed by atoms with Gasteiger partial charge in [0, 0.05) is 35.9 Å². The van der Waals surface area contributed by atoms with Gasteiger partial charge in [0.2, 0.25) is 0 Å². The minimum atomic E-state index is 0. The van der Waals surface area contributed by atoms with Crippen molar-refractivity contribution >= 4 is 0 Å². The molecule has 3 heterocycles. The van der Waals surface area contributed by atoms with Crippen LogP contribution in [0.5, 0.6) is 0 Å². The Bertz CT molecular complexity index is 1200. The third kappa shape index (κ3) is 8.24. The van der Waals surface area contributed by atoms with E-state index < -0.39 is 0 Å². The summed E-state index contributed by atoms with van der Waals surface area (Å²) in [5, 5.41) is 4.10. The Labute approximate surface area is 225 Å². The van der Waals surface area contributed by atoms with Gasteiger partial charge in [0.25, 0.3) is 0 Å². The van der Waals surface area contributed by atoms with E-state index in [-0.39, 0.29) is 20.1 Å². The molecule has 0 aliphatic heterocycles. The molecular weight excluding hydrogens is 621 g/mol. The second-order valence-corrected chi connectivity index (χ2v) is 7.45.